The fourth-order valence-corrected chi connectivity index (χ4v) is 1.60. The van der Waals surface area contributed by atoms with E-state index in [4.69, 9.17) is 10.3 Å². The third-order valence-electron chi connectivity index (χ3n) is 2.59. The summed E-state index contributed by atoms with van der Waals surface area (Å²) in [6.07, 6.45) is 8.35. The van der Waals surface area contributed by atoms with E-state index < -0.39 is 0 Å². The quantitative estimate of drug-likeness (QED) is 0.730. The third-order valence-corrected chi connectivity index (χ3v) is 2.59. The van der Waals surface area contributed by atoms with E-state index in [1.54, 1.807) is 24.7 Å². The molecule has 0 unspecified atom stereocenters. The van der Waals surface area contributed by atoms with Gasteiger partial charge in [-0.25, -0.2) is 4.98 Å². The number of aromatic nitrogens is 4. The van der Waals surface area contributed by atoms with Crippen molar-refractivity contribution in [1.82, 2.24) is 20.1 Å². The number of nitrogen functional groups attached to an aromatic ring is 1. The maximum Gasteiger partial charge on any atom is 0.251 e. The molecule has 2 N–H and O–H groups in total. The van der Waals surface area contributed by atoms with Gasteiger partial charge in [0.15, 0.2) is 0 Å². The molecule has 0 saturated carbocycles. The molecule has 6 nitrogen and oxygen atoms in total. The summed E-state index contributed by atoms with van der Waals surface area (Å²) in [7, 11) is 0. The molecule has 2 aromatic heterocycles. The molecule has 0 aliphatic heterocycles. The van der Waals surface area contributed by atoms with Gasteiger partial charge in [-0.05, 0) is 23.8 Å². The van der Waals surface area contributed by atoms with E-state index in [-0.39, 0.29) is 0 Å². The van der Waals surface area contributed by atoms with Crippen LogP contribution in [-0.2, 0) is 0 Å². The van der Waals surface area contributed by atoms with Crippen molar-refractivity contribution >= 4 is 17.8 Å². The molecule has 98 valence electrons. The first-order valence-corrected chi connectivity index (χ1v) is 5.95. The van der Waals surface area contributed by atoms with Gasteiger partial charge in [0.2, 0.25) is 5.82 Å². The fraction of sp³-hybridized carbons (Fsp3) is 0. The molecule has 0 atom stereocenters. The highest BCUT2D eigenvalue weighted by Gasteiger charge is 2.07. The van der Waals surface area contributed by atoms with E-state index in [9.17, 15) is 0 Å². The minimum absolute atomic E-state index is 0.405. The van der Waals surface area contributed by atoms with Crippen molar-refractivity contribution in [1.29, 1.82) is 0 Å². The second kappa shape index (κ2) is 5.31. The normalized spacial score (nSPS) is 11.0. The lowest BCUT2D eigenvalue weighted by Crippen LogP contribution is -1.85. The first-order chi connectivity index (χ1) is 9.81. The summed E-state index contributed by atoms with van der Waals surface area (Å²) < 4.78 is 5.12. The Bertz CT molecular complexity index is 719. The SMILES string of the molecule is Nc1ccc(/C=C/c2nc(-c3cnccn3)no2)cc1. The Morgan fingerprint density at radius 1 is 1.05 bits per heavy atom. The summed E-state index contributed by atoms with van der Waals surface area (Å²) in [5, 5.41) is 3.85. The lowest BCUT2D eigenvalue weighted by Gasteiger charge is -1.93. The molecule has 3 aromatic rings. The highest BCUT2D eigenvalue weighted by Crippen LogP contribution is 2.13. The summed E-state index contributed by atoms with van der Waals surface area (Å²) in [5.74, 6) is 0.817. The van der Waals surface area contributed by atoms with Gasteiger partial charge in [0.25, 0.3) is 5.89 Å². The molecule has 6 heteroatoms. The van der Waals surface area contributed by atoms with Gasteiger partial charge in [0.1, 0.15) is 5.69 Å². The van der Waals surface area contributed by atoms with Crippen LogP contribution in [0.15, 0.2) is 47.4 Å². The summed E-state index contributed by atoms with van der Waals surface area (Å²) >= 11 is 0. The number of nitrogens with two attached hydrogens (primary N) is 1. The van der Waals surface area contributed by atoms with Crippen LogP contribution in [0.3, 0.4) is 0 Å². The zero-order valence-electron chi connectivity index (χ0n) is 10.5. The predicted octanol–water partition coefficient (Wildman–Crippen LogP) is 2.28. The Hall–Kier alpha value is -3.02. The number of anilines is 1. The molecule has 0 saturated heterocycles. The van der Waals surface area contributed by atoms with Gasteiger partial charge in [0.05, 0.1) is 6.20 Å². The number of nitrogens with zero attached hydrogens (tertiary/aromatic N) is 4. The van der Waals surface area contributed by atoms with Crippen LogP contribution in [0.4, 0.5) is 5.69 Å². The Morgan fingerprint density at radius 2 is 1.90 bits per heavy atom. The summed E-state index contributed by atoms with van der Waals surface area (Å²) in [6, 6.07) is 7.48. The van der Waals surface area contributed by atoms with Crippen LogP contribution in [0.2, 0.25) is 0 Å². The van der Waals surface area contributed by atoms with Crippen LogP contribution < -0.4 is 5.73 Å². The predicted molar refractivity (Wildman–Crippen MR) is 75.1 cm³/mol. The smallest absolute Gasteiger partial charge is 0.251 e. The van der Waals surface area contributed by atoms with Crippen LogP contribution in [-0.4, -0.2) is 20.1 Å². The fourth-order valence-electron chi connectivity index (χ4n) is 1.60. The maximum absolute atomic E-state index is 5.62. The number of benzene rings is 1. The zero-order valence-corrected chi connectivity index (χ0v) is 10.5. The van der Waals surface area contributed by atoms with Crippen LogP contribution in [0.5, 0.6) is 0 Å². The Kier molecular flexibility index (Phi) is 3.20. The minimum Gasteiger partial charge on any atom is -0.399 e. The van der Waals surface area contributed by atoms with Crippen molar-refractivity contribution in [2.75, 3.05) is 5.73 Å². The average molecular weight is 265 g/mol. The van der Waals surface area contributed by atoms with E-state index in [2.05, 4.69) is 20.1 Å². The van der Waals surface area contributed by atoms with Gasteiger partial charge < -0.3 is 10.3 Å². The highest BCUT2D eigenvalue weighted by atomic mass is 16.5. The molecule has 0 fully saturated rings. The molecular formula is C14H11N5O. The Labute approximate surface area is 115 Å². The van der Waals surface area contributed by atoms with Gasteiger partial charge in [-0.15, -0.1) is 0 Å². The van der Waals surface area contributed by atoms with Crippen molar-refractivity contribution in [2.45, 2.75) is 0 Å². The van der Waals surface area contributed by atoms with Gasteiger partial charge in [0, 0.05) is 24.2 Å². The minimum atomic E-state index is 0.405. The summed E-state index contributed by atoms with van der Waals surface area (Å²) in [6.45, 7) is 0. The molecule has 0 bridgehead atoms. The number of hydrogen-bond donors (Lipinski definition) is 1. The monoisotopic (exact) mass is 265 g/mol. The van der Waals surface area contributed by atoms with Crippen LogP contribution in [0.25, 0.3) is 23.7 Å². The first kappa shape index (κ1) is 12.0. The molecule has 1 aromatic carbocycles. The van der Waals surface area contributed by atoms with Crippen molar-refractivity contribution in [3.05, 3.63) is 54.3 Å². The van der Waals surface area contributed by atoms with E-state index in [0.717, 1.165) is 11.3 Å². The Balaban J connectivity index is 1.79. The van der Waals surface area contributed by atoms with Crippen molar-refractivity contribution < 1.29 is 4.52 Å². The molecule has 0 amide bonds. The van der Waals surface area contributed by atoms with Gasteiger partial charge in [-0.2, -0.15) is 4.98 Å². The van der Waals surface area contributed by atoms with Crippen molar-refractivity contribution in [3.63, 3.8) is 0 Å². The second-order valence-electron chi connectivity index (χ2n) is 4.05. The summed E-state index contributed by atoms with van der Waals surface area (Å²) in [4.78, 5) is 12.3. The molecule has 0 radical (unpaired) electrons. The summed E-state index contributed by atoms with van der Waals surface area (Å²) in [5.41, 5.74) is 7.92. The van der Waals surface area contributed by atoms with Gasteiger partial charge in [-0.1, -0.05) is 17.3 Å². The van der Waals surface area contributed by atoms with Gasteiger partial charge >= 0.3 is 0 Å². The number of rotatable bonds is 3. The average Bonchev–Trinajstić information content (AvgIpc) is 2.97. The van der Waals surface area contributed by atoms with Crippen LogP contribution in [0.1, 0.15) is 11.5 Å². The van der Waals surface area contributed by atoms with E-state index >= 15 is 0 Å². The molecule has 3 rings (SSSR count). The van der Waals surface area contributed by atoms with E-state index in [1.807, 2.05) is 30.3 Å². The van der Waals surface area contributed by atoms with E-state index in [0.29, 0.717) is 17.4 Å². The first-order valence-electron chi connectivity index (χ1n) is 5.95. The third kappa shape index (κ3) is 2.69. The molecule has 0 spiro atoms. The Morgan fingerprint density at radius 3 is 2.65 bits per heavy atom. The highest BCUT2D eigenvalue weighted by molar-refractivity contribution is 5.67. The molecule has 0 aliphatic carbocycles. The largest absolute Gasteiger partial charge is 0.399 e. The molecule has 0 aliphatic rings. The lowest BCUT2D eigenvalue weighted by atomic mass is 10.2. The zero-order chi connectivity index (χ0) is 13.8. The van der Waals surface area contributed by atoms with Crippen LogP contribution >= 0.6 is 0 Å². The lowest BCUT2D eigenvalue weighted by molar-refractivity contribution is 0.411. The number of hydrogen-bond acceptors (Lipinski definition) is 6. The molecule has 2 heterocycles. The second-order valence-corrected chi connectivity index (χ2v) is 4.05. The standard InChI is InChI=1S/C14H11N5O/c15-11-4-1-10(2-5-11)3-6-13-18-14(19-20-13)12-9-16-7-8-17-12/h1-9H,15H2/b6-3+. The van der Waals surface area contributed by atoms with Crippen LogP contribution in [0, 0.1) is 0 Å². The molecule has 20 heavy (non-hydrogen) atoms. The van der Waals surface area contributed by atoms with Crippen molar-refractivity contribution in [2.24, 2.45) is 0 Å². The van der Waals surface area contributed by atoms with Gasteiger partial charge in [-0.3, -0.25) is 4.98 Å². The topological polar surface area (TPSA) is 90.7 Å². The van der Waals surface area contributed by atoms with Crippen molar-refractivity contribution in [3.8, 4) is 11.5 Å². The molecular weight excluding hydrogens is 254 g/mol. The van der Waals surface area contributed by atoms with E-state index in [1.165, 1.54) is 0 Å². The maximum atomic E-state index is 5.62.